The van der Waals surface area contributed by atoms with Gasteiger partial charge in [-0.05, 0) is 49.2 Å². The number of halogens is 1. The second-order valence-corrected chi connectivity index (χ2v) is 10.4. The van der Waals surface area contributed by atoms with Gasteiger partial charge in [0.15, 0.2) is 0 Å². The van der Waals surface area contributed by atoms with Gasteiger partial charge in [-0.3, -0.25) is 9.59 Å². The molecule has 2 aromatic carbocycles. The van der Waals surface area contributed by atoms with Crippen LogP contribution in [0.3, 0.4) is 0 Å². The molecule has 7 nitrogen and oxygen atoms in total. The zero-order chi connectivity index (χ0) is 26.9. The number of carbonyl (C=O) groups is 2. The Morgan fingerprint density at radius 3 is 2.45 bits per heavy atom. The van der Waals surface area contributed by atoms with E-state index in [4.69, 9.17) is 9.47 Å². The SMILES string of the molecule is CN1CCCCCCCCO[C@@H]2CN(C(=O)CCN(C)c3ccc(F)cc3)C[C@H]2Oc2ccccc2C1=O. The number of benzene rings is 2. The summed E-state index contributed by atoms with van der Waals surface area (Å²) in [5.41, 5.74) is 1.39. The number of para-hydroxylation sites is 1. The zero-order valence-corrected chi connectivity index (χ0v) is 22.6. The second kappa shape index (κ2) is 13.6. The third-order valence-electron chi connectivity index (χ3n) is 7.46. The van der Waals surface area contributed by atoms with Crippen molar-refractivity contribution in [1.29, 1.82) is 0 Å². The molecule has 0 saturated carbocycles. The highest BCUT2D eigenvalue weighted by atomic mass is 19.1. The summed E-state index contributed by atoms with van der Waals surface area (Å²) in [7, 11) is 3.73. The lowest BCUT2D eigenvalue weighted by atomic mass is 10.1. The van der Waals surface area contributed by atoms with Crippen LogP contribution >= 0.6 is 0 Å². The van der Waals surface area contributed by atoms with E-state index in [1.165, 1.54) is 12.1 Å². The molecular formula is C30H40FN3O4. The minimum Gasteiger partial charge on any atom is -0.485 e. The Labute approximate surface area is 225 Å². The molecule has 2 heterocycles. The van der Waals surface area contributed by atoms with Crippen LogP contribution in [-0.4, -0.2) is 80.7 Å². The molecule has 2 aromatic rings. The van der Waals surface area contributed by atoms with Crippen molar-refractivity contribution in [2.75, 3.05) is 51.8 Å². The van der Waals surface area contributed by atoms with Gasteiger partial charge in [-0.1, -0.05) is 37.8 Å². The van der Waals surface area contributed by atoms with Crippen molar-refractivity contribution < 1.29 is 23.5 Å². The number of fused-ring (bicyclic) bond motifs is 2. The van der Waals surface area contributed by atoms with Crippen molar-refractivity contribution >= 4 is 17.5 Å². The van der Waals surface area contributed by atoms with E-state index in [9.17, 15) is 14.0 Å². The first kappa shape index (κ1) is 27.9. The van der Waals surface area contributed by atoms with Gasteiger partial charge in [-0.25, -0.2) is 4.39 Å². The molecule has 0 aliphatic carbocycles. The summed E-state index contributed by atoms with van der Waals surface area (Å²) in [6.07, 6.45) is 6.19. The fourth-order valence-corrected chi connectivity index (χ4v) is 5.08. The van der Waals surface area contributed by atoms with Crippen molar-refractivity contribution in [2.45, 2.75) is 57.2 Å². The quantitative estimate of drug-likeness (QED) is 0.577. The van der Waals surface area contributed by atoms with Crippen LogP contribution in [0.4, 0.5) is 10.1 Å². The van der Waals surface area contributed by atoms with E-state index in [2.05, 4.69) is 0 Å². The van der Waals surface area contributed by atoms with Crippen LogP contribution in [0.1, 0.15) is 55.3 Å². The molecule has 2 aliphatic heterocycles. The predicted octanol–water partition coefficient (Wildman–Crippen LogP) is 4.75. The molecule has 0 N–H and O–H groups in total. The maximum Gasteiger partial charge on any atom is 0.257 e. The maximum absolute atomic E-state index is 13.3. The monoisotopic (exact) mass is 525 g/mol. The van der Waals surface area contributed by atoms with Gasteiger partial charge in [-0.2, -0.15) is 0 Å². The van der Waals surface area contributed by atoms with E-state index in [1.54, 1.807) is 28.0 Å². The van der Waals surface area contributed by atoms with E-state index in [-0.39, 0.29) is 29.8 Å². The van der Waals surface area contributed by atoms with Crippen molar-refractivity contribution in [2.24, 2.45) is 0 Å². The van der Waals surface area contributed by atoms with Crippen LogP contribution in [0.25, 0.3) is 0 Å². The third-order valence-corrected chi connectivity index (χ3v) is 7.46. The molecule has 0 aromatic heterocycles. The van der Waals surface area contributed by atoms with E-state index in [0.29, 0.717) is 44.0 Å². The molecule has 0 unspecified atom stereocenters. The van der Waals surface area contributed by atoms with Gasteiger partial charge < -0.3 is 24.2 Å². The molecule has 0 spiro atoms. The molecule has 2 amide bonds. The standard InChI is InChI=1S/C30H40FN3O4/c1-32(24-15-13-23(31)14-16-24)19-17-29(35)34-21-27-28(22-34)38-26-12-8-7-11-25(26)30(36)33(2)18-9-5-3-4-6-10-20-37-27/h7-8,11-16,27-28H,3-6,9-10,17-22H2,1-2H3/t27-,28-/m1/s1. The van der Waals surface area contributed by atoms with E-state index >= 15 is 0 Å². The number of nitrogens with zero attached hydrogens (tertiary/aromatic N) is 3. The number of hydrogen-bond donors (Lipinski definition) is 0. The number of amides is 2. The Morgan fingerprint density at radius 1 is 0.974 bits per heavy atom. The fraction of sp³-hybridized carbons (Fsp3) is 0.533. The van der Waals surface area contributed by atoms with Crippen LogP contribution < -0.4 is 9.64 Å². The average Bonchev–Trinajstić information content (AvgIpc) is 3.32. The van der Waals surface area contributed by atoms with Crippen LogP contribution in [0, 0.1) is 5.82 Å². The van der Waals surface area contributed by atoms with Gasteiger partial charge in [0, 0.05) is 45.9 Å². The van der Waals surface area contributed by atoms with Crippen LogP contribution in [0.15, 0.2) is 48.5 Å². The van der Waals surface area contributed by atoms with Crippen molar-refractivity contribution in [3.63, 3.8) is 0 Å². The summed E-state index contributed by atoms with van der Waals surface area (Å²) >= 11 is 0. The van der Waals surface area contributed by atoms with Crippen molar-refractivity contribution in [3.05, 3.63) is 59.9 Å². The summed E-state index contributed by atoms with van der Waals surface area (Å²) in [6, 6.07) is 13.6. The Morgan fingerprint density at radius 2 is 1.66 bits per heavy atom. The topological polar surface area (TPSA) is 62.3 Å². The normalized spacial score (nSPS) is 21.4. The second-order valence-electron chi connectivity index (χ2n) is 10.4. The number of carbonyl (C=O) groups excluding carboxylic acids is 2. The number of hydrogen-bond acceptors (Lipinski definition) is 5. The summed E-state index contributed by atoms with van der Waals surface area (Å²) in [6.45, 7) is 2.73. The molecule has 1 fully saturated rings. The number of rotatable bonds is 4. The van der Waals surface area contributed by atoms with Gasteiger partial charge in [0.2, 0.25) is 5.91 Å². The zero-order valence-electron chi connectivity index (χ0n) is 22.6. The number of ether oxygens (including phenoxy) is 2. The van der Waals surface area contributed by atoms with Gasteiger partial charge in [-0.15, -0.1) is 0 Å². The Kier molecular flexibility index (Phi) is 9.98. The minimum atomic E-state index is -0.360. The minimum absolute atomic E-state index is 0.0219. The highest BCUT2D eigenvalue weighted by Crippen LogP contribution is 2.26. The lowest BCUT2D eigenvalue weighted by Gasteiger charge is -2.24. The molecule has 8 heteroatoms. The summed E-state index contributed by atoms with van der Waals surface area (Å²) in [4.78, 5) is 31.9. The Balaban J connectivity index is 1.44. The predicted molar refractivity (Wildman–Crippen MR) is 146 cm³/mol. The van der Waals surface area contributed by atoms with Crippen LogP contribution in [0.5, 0.6) is 5.75 Å². The first-order valence-electron chi connectivity index (χ1n) is 13.8. The van der Waals surface area contributed by atoms with Gasteiger partial charge in [0.1, 0.15) is 23.8 Å². The number of anilines is 1. The smallest absolute Gasteiger partial charge is 0.257 e. The average molecular weight is 526 g/mol. The van der Waals surface area contributed by atoms with Gasteiger partial charge in [0.25, 0.3) is 5.91 Å². The summed E-state index contributed by atoms with van der Waals surface area (Å²) in [5.74, 6) is 0.212. The molecule has 38 heavy (non-hydrogen) atoms. The molecule has 206 valence electrons. The molecule has 4 rings (SSSR count). The van der Waals surface area contributed by atoms with E-state index in [0.717, 1.165) is 50.8 Å². The van der Waals surface area contributed by atoms with Gasteiger partial charge in [0.05, 0.1) is 18.7 Å². The first-order chi connectivity index (χ1) is 18.4. The summed E-state index contributed by atoms with van der Waals surface area (Å²) in [5, 5.41) is 0. The Bertz CT molecular complexity index is 1060. The van der Waals surface area contributed by atoms with Crippen molar-refractivity contribution in [3.8, 4) is 5.75 Å². The molecule has 2 atom stereocenters. The summed E-state index contributed by atoms with van der Waals surface area (Å²) < 4.78 is 25.9. The van der Waals surface area contributed by atoms with Crippen LogP contribution in [0.2, 0.25) is 0 Å². The molecular weight excluding hydrogens is 485 g/mol. The van der Waals surface area contributed by atoms with Gasteiger partial charge >= 0.3 is 0 Å². The molecule has 0 radical (unpaired) electrons. The van der Waals surface area contributed by atoms with Crippen molar-refractivity contribution in [1.82, 2.24) is 9.80 Å². The molecule has 0 bridgehead atoms. The van der Waals surface area contributed by atoms with Crippen LogP contribution in [-0.2, 0) is 9.53 Å². The lowest BCUT2D eigenvalue weighted by Crippen LogP contribution is -2.34. The number of likely N-dealkylation sites (tertiary alicyclic amines) is 1. The van der Waals surface area contributed by atoms with E-state index < -0.39 is 0 Å². The highest BCUT2D eigenvalue weighted by molar-refractivity contribution is 5.96. The van der Waals surface area contributed by atoms with E-state index in [1.807, 2.05) is 37.2 Å². The third kappa shape index (κ3) is 7.47. The first-order valence-corrected chi connectivity index (χ1v) is 13.8. The maximum atomic E-state index is 13.3. The Hall–Kier alpha value is -3.13. The highest BCUT2D eigenvalue weighted by Gasteiger charge is 2.38. The molecule has 1 saturated heterocycles. The fourth-order valence-electron chi connectivity index (χ4n) is 5.08. The largest absolute Gasteiger partial charge is 0.485 e. The molecule has 2 aliphatic rings. The lowest BCUT2D eigenvalue weighted by molar-refractivity contribution is -0.130.